The third-order valence-electron chi connectivity index (χ3n) is 7.52. The number of piperazine rings is 1. The monoisotopic (exact) mass is 523 g/mol. The van der Waals surface area contributed by atoms with Crippen LogP contribution in [0.15, 0.2) is 41.8 Å². The van der Waals surface area contributed by atoms with Gasteiger partial charge >= 0.3 is 5.97 Å². The van der Waals surface area contributed by atoms with Gasteiger partial charge in [0.1, 0.15) is 11.9 Å². The lowest BCUT2D eigenvalue weighted by Gasteiger charge is -2.37. The second kappa shape index (κ2) is 10.8. The number of thiophene rings is 1. The Labute approximate surface area is 221 Å². The highest BCUT2D eigenvalue weighted by atomic mass is 32.1. The van der Waals surface area contributed by atoms with E-state index >= 15 is 0 Å². The van der Waals surface area contributed by atoms with E-state index in [1.54, 1.807) is 23.5 Å². The summed E-state index contributed by atoms with van der Waals surface area (Å²) < 4.78 is 15.1. The fourth-order valence-electron chi connectivity index (χ4n) is 5.58. The molecule has 0 aliphatic carbocycles. The zero-order chi connectivity index (χ0) is 26.1. The molecule has 1 N–H and O–H groups in total. The number of halogens is 1. The number of hydrogen-bond donors (Lipinski definition) is 1. The van der Waals surface area contributed by atoms with Crippen LogP contribution in [0.4, 0.5) is 15.8 Å². The molecule has 5 rings (SSSR count). The second-order valence-corrected chi connectivity index (χ2v) is 11.5. The third kappa shape index (κ3) is 5.50. The van der Waals surface area contributed by atoms with Crippen molar-refractivity contribution in [2.45, 2.75) is 45.6 Å². The van der Waals surface area contributed by atoms with Gasteiger partial charge in [-0.2, -0.15) is 0 Å². The van der Waals surface area contributed by atoms with E-state index in [2.05, 4.69) is 28.0 Å². The topological polar surface area (TPSA) is 64.1 Å². The highest BCUT2D eigenvalue weighted by molar-refractivity contribution is 7.17. The molecule has 0 bridgehead atoms. The number of nitrogens with zero attached hydrogens (tertiary/aromatic N) is 3. The molecule has 37 heavy (non-hydrogen) atoms. The molecular weight excluding hydrogens is 489 g/mol. The Balaban J connectivity index is 1.25. The standard InChI is InChI=1S/C29H34FN3O3S/c1-19(2)15-26(29(35)36)33-24-16-20(3-4-21(24)5-6-28(33)34)7-9-31-10-12-32(13-11-31)25-17-22(30)18-27-23(25)8-14-37-27/h3-4,8,14,16-19,26H,5-7,9-13,15H2,1-2H3,(H,35,36). The molecule has 2 aliphatic heterocycles. The number of carbonyl (C=O) groups is 2. The number of amides is 1. The van der Waals surface area contributed by atoms with E-state index in [9.17, 15) is 19.1 Å². The SMILES string of the molecule is CC(C)CC(C(=O)O)N1C(=O)CCc2ccc(CCN3CCN(c4cc(F)cc5sccc45)CC3)cc21. The minimum atomic E-state index is -0.948. The van der Waals surface area contributed by atoms with Crippen LogP contribution < -0.4 is 9.80 Å². The molecule has 1 amide bonds. The normalized spacial score (nSPS) is 17.5. The fourth-order valence-corrected chi connectivity index (χ4v) is 6.41. The first-order chi connectivity index (χ1) is 17.8. The molecule has 0 saturated carbocycles. The summed E-state index contributed by atoms with van der Waals surface area (Å²) in [5, 5.41) is 13.0. The Morgan fingerprint density at radius 1 is 1.05 bits per heavy atom. The summed E-state index contributed by atoms with van der Waals surface area (Å²) in [7, 11) is 0. The summed E-state index contributed by atoms with van der Waals surface area (Å²) >= 11 is 1.57. The Bertz CT molecular complexity index is 1300. The molecule has 0 radical (unpaired) electrons. The van der Waals surface area contributed by atoms with Crippen molar-refractivity contribution in [3.63, 3.8) is 0 Å². The van der Waals surface area contributed by atoms with Crippen molar-refractivity contribution >= 4 is 44.7 Å². The van der Waals surface area contributed by atoms with Crippen molar-refractivity contribution in [2.75, 3.05) is 42.5 Å². The molecule has 8 heteroatoms. The van der Waals surface area contributed by atoms with E-state index in [-0.39, 0.29) is 17.6 Å². The second-order valence-electron chi connectivity index (χ2n) is 10.5. The minimum Gasteiger partial charge on any atom is -0.480 e. The van der Waals surface area contributed by atoms with Crippen molar-refractivity contribution in [3.8, 4) is 0 Å². The summed E-state index contributed by atoms with van der Waals surface area (Å²) in [6.45, 7) is 8.33. The first-order valence-corrected chi connectivity index (χ1v) is 14.0. The lowest BCUT2D eigenvalue weighted by Crippen LogP contribution is -2.48. The number of anilines is 2. The zero-order valence-corrected chi connectivity index (χ0v) is 22.3. The number of aliphatic carboxylic acids is 1. The molecule has 1 atom stereocenters. The number of aryl methyl sites for hydroxylation is 1. The molecule has 3 heterocycles. The lowest BCUT2D eigenvalue weighted by atomic mass is 9.94. The maximum absolute atomic E-state index is 14.2. The summed E-state index contributed by atoms with van der Waals surface area (Å²) in [5.74, 6) is -1.07. The average Bonchev–Trinajstić information content (AvgIpc) is 3.34. The van der Waals surface area contributed by atoms with Gasteiger partial charge in [-0.15, -0.1) is 11.3 Å². The van der Waals surface area contributed by atoms with E-state index in [1.807, 2.05) is 25.3 Å². The smallest absolute Gasteiger partial charge is 0.326 e. The molecule has 196 valence electrons. The number of hydrogen-bond acceptors (Lipinski definition) is 5. The van der Waals surface area contributed by atoms with Crippen molar-refractivity contribution in [3.05, 3.63) is 58.7 Å². The maximum Gasteiger partial charge on any atom is 0.326 e. The molecule has 1 saturated heterocycles. The van der Waals surface area contributed by atoms with Crippen LogP contribution in [-0.2, 0) is 22.4 Å². The van der Waals surface area contributed by atoms with Crippen molar-refractivity contribution in [1.82, 2.24) is 4.90 Å². The predicted octanol–water partition coefficient (Wildman–Crippen LogP) is 5.18. The minimum absolute atomic E-state index is 0.106. The molecule has 6 nitrogen and oxygen atoms in total. The molecule has 3 aromatic rings. The maximum atomic E-state index is 14.2. The lowest BCUT2D eigenvalue weighted by molar-refractivity contribution is -0.140. The van der Waals surface area contributed by atoms with Gasteiger partial charge in [-0.25, -0.2) is 9.18 Å². The van der Waals surface area contributed by atoms with Gasteiger partial charge in [-0.05, 0) is 66.0 Å². The number of rotatable bonds is 8. The van der Waals surface area contributed by atoms with E-state index in [0.717, 1.165) is 71.7 Å². The van der Waals surface area contributed by atoms with Crippen molar-refractivity contribution < 1.29 is 19.1 Å². The van der Waals surface area contributed by atoms with Gasteiger partial charge in [-0.1, -0.05) is 26.0 Å². The molecule has 0 spiro atoms. The van der Waals surface area contributed by atoms with E-state index in [0.29, 0.717) is 19.3 Å². The summed E-state index contributed by atoms with van der Waals surface area (Å²) in [4.78, 5) is 31.2. The molecule has 1 unspecified atom stereocenters. The zero-order valence-electron chi connectivity index (χ0n) is 21.5. The summed E-state index contributed by atoms with van der Waals surface area (Å²) in [6, 6.07) is 10.7. The number of carboxylic acids is 1. The summed E-state index contributed by atoms with van der Waals surface area (Å²) in [6.07, 6.45) is 2.25. The van der Waals surface area contributed by atoms with Crippen molar-refractivity contribution in [2.24, 2.45) is 5.92 Å². The van der Waals surface area contributed by atoms with Crippen LogP contribution in [0, 0.1) is 11.7 Å². The van der Waals surface area contributed by atoms with Gasteiger partial charge in [0, 0.05) is 60.6 Å². The fraction of sp³-hybridized carbons (Fsp3) is 0.448. The Hall–Kier alpha value is -2.97. The van der Waals surface area contributed by atoms with Crippen LogP contribution >= 0.6 is 11.3 Å². The Morgan fingerprint density at radius 2 is 1.84 bits per heavy atom. The van der Waals surface area contributed by atoms with Gasteiger partial charge in [0.25, 0.3) is 0 Å². The van der Waals surface area contributed by atoms with Gasteiger partial charge in [0.05, 0.1) is 0 Å². The Morgan fingerprint density at radius 3 is 2.57 bits per heavy atom. The van der Waals surface area contributed by atoms with E-state index < -0.39 is 12.0 Å². The summed E-state index contributed by atoms with van der Waals surface area (Å²) in [5.41, 5.74) is 3.89. The highest BCUT2D eigenvalue weighted by Crippen LogP contribution is 2.34. The third-order valence-corrected chi connectivity index (χ3v) is 8.39. The molecule has 1 aromatic heterocycles. The van der Waals surface area contributed by atoms with E-state index in [1.165, 1.54) is 4.90 Å². The number of carboxylic acid groups (broad SMARTS) is 1. The Kier molecular flexibility index (Phi) is 7.49. The van der Waals surface area contributed by atoms with Crippen LogP contribution in [0.3, 0.4) is 0 Å². The van der Waals surface area contributed by atoms with Gasteiger partial charge in [0.15, 0.2) is 0 Å². The number of benzene rings is 2. The van der Waals surface area contributed by atoms with E-state index in [4.69, 9.17) is 0 Å². The average molecular weight is 524 g/mol. The number of carbonyl (C=O) groups excluding carboxylic acids is 1. The van der Waals surface area contributed by atoms with Crippen molar-refractivity contribution in [1.29, 1.82) is 0 Å². The largest absolute Gasteiger partial charge is 0.480 e. The molecule has 2 aromatic carbocycles. The van der Waals surface area contributed by atoms with Gasteiger partial charge in [-0.3, -0.25) is 14.6 Å². The quantitative estimate of drug-likeness (QED) is 0.441. The van der Waals surface area contributed by atoms with Crippen LogP contribution in [0.25, 0.3) is 10.1 Å². The first kappa shape index (κ1) is 25.7. The van der Waals surface area contributed by atoms with Crippen LogP contribution in [0.2, 0.25) is 0 Å². The molecular formula is C29H34FN3O3S. The predicted molar refractivity (Wildman–Crippen MR) is 147 cm³/mol. The molecule has 1 fully saturated rings. The first-order valence-electron chi connectivity index (χ1n) is 13.1. The molecule has 2 aliphatic rings. The highest BCUT2D eigenvalue weighted by Gasteiger charge is 2.35. The van der Waals surface area contributed by atoms with Crippen LogP contribution in [0.5, 0.6) is 0 Å². The van der Waals surface area contributed by atoms with Gasteiger partial charge in [0.2, 0.25) is 5.91 Å². The van der Waals surface area contributed by atoms with Crippen LogP contribution in [-0.4, -0.2) is 60.6 Å². The van der Waals surface area contributed by atoms with Gasteiger partial charge < -0.3 is 10.0 Å². The van der Waals surface area contributed by atoms with Crippen LogP contribution in [0.1, 0.15) is 37.8 Å². The number of fused-ring (bicyclic) bond motifs is 2.